The minimum absolute atomic E-state index is 0.143. The summed E-state index contributed by atoms with van der Waals surface area (Å²) >= 11 is 0. The van der Waals surface area contributed by atoms with Crippen molar-refractivity contribution in [1.82, 2.24) is 5.32 Å². The molecule has 0 aromatic carbocycles. The zero-order valence-corrected chi connectivity index (χ0v) is 6.40. The molecule has 0 saturated carbocycles. The first-order chi connectivity index (χ1) is 4.20. The lowest BCUT2D eigenvalue weighted by molar-refractivity contribution is -0.121. The van der Waals surface area contributed by atoms with E-state index in [1.807, 2.05) is 13.8 Å². The first-order valence-electron chi connectivity index (χ1n) is 3.50. The van der Waals surface area contributed by atoms with Gasteiger partial charge in [-0.25, -0.2) is 0 Å². The summed E-state index contributed by atoms with van der Waals surface area (Å²) in [7, 11) is 0. The van der Waals surface area contributed by atoms with Gasteiger partial charge in [0.15, 0.2) is 0 Å². The highest BCUT2D eigenvalue weighted by molar-refractivity contribution is 5.75. The van der Waals surface area contributed by atoms with Gasteiger partial charge in [0, 0.05) is 12.5 Å². The molecule has 0 aromatic rings. The Morgan fingerprint density at radius 2 is 2.11 bits per heavy atom. The molecule has 1 atom stereocenters. The normalized spacial score (nSPS) is 12.8. The van der Waals surface area contributed by atoms with Crippen LogP contribution in [0, 0.1) is 0 Å². The Labute approximate surface area is 56.6 Å². The second kappa shape index (κ2) is 4.36. The molecule has 0 bridgehead atoms. The molecule has 0 radical (unpaired) electrons. The molecular formula is C7H15NO. The van der Waals surface area contributed by atoms with Crippen molar-refractivity contribution in [2.45, 2.75) is 39.7 Å². The van der Waals surface area contributed by atoms with Crippen LogP contribution in [0.5, 0.6) is 0 Å². The summed E-state index contributed by atoms with van der Waals surface area (Å²) in [5.74, 6) is 0.143. The van der Waals surface area contributed by atoms with Gasteiger partial charge in [-0.15, -0.1) is 0 Å². The first kappa shape index (κ1) is 8.47. The van der Waals surface area contributed by atoms with E-state index in [9.17, 15) is 4.79 Å². The van der Waals surface area contributed by atoms with E-state index in [0.717, 1.165) is 6.42 Å². The van der Waals surface area contributed by atoms with Crippen LogP contribution in [0.15, 0.2) is 0 Å². The van der Waals surface area contributed by atoms with Crippen molar-refractivity contribution in [3.63, 3.8) is 0 Å². The van der Waals surface area contributed by atoms with E-state index in [-0.39, 0.29) is 5.91 Å². The van der Waals surface area contributed by atoms with E-state index < -0.39 is 0 Å². The molecule has 0 unspecified atom stereocenters. The Morgan fingerprint density at radius 3 is 2.44 bits per heavy atom. The van der Waals surface area contributed by atoms with Crippen molar-refractivity contribution in [1.29, 1.82) is 0 Å². The number of carbonyl (C=O) groups is 1. The molecule has 54 valence electrons. The summed E-state index contributed by atoms with van der Waals surface area (Å²) in [6.07, 6.45) is 1.59. The monoisotopic (exact) mass is 129 g/mol. The maximum absolute atomic E-state index is 10.7. The molecular weight excluding hydrogens is 114 g/mol. The van der Waals surface area contributed by atoms with Crippen LogP contribution in [0.4, 0.5) is 0 Å². The number of hydrogen-bond acceptors (Lipinski definition) is 1. The van der Waals surface area contributed by atoms with Crippen LogP contribution in [0.1, 0.15) is 33.6 Å². The third-order valence-electron chi connectivity index (χ3n) is 1.34. The van der Waals surface area contributed by atoms with Crippen molar-refractivity contribution < 1.29 is 4.79 Å². The fraction of sp³-hybridized carbons (Fsp3) is 0.857. The molecule has 2 heteroatoms. The van der Waals surface area contributed by atoms with E-state index in [1.165, 1.54) is 0 Å². The third-order valence-corrected chi connectivity index (χ3v) is 1.34. The van der Waals surface area contributed by atoms with Crippen LogP contribution in [0.3, 0.4) is 0 Å². The standard InChI is InChI=1S/C7H15NO/c1-4-6(3)8-7(9)5-2/h6H,4-5H2,1-3H3,(H,8,9)/t6-/m0/s1. The fourth-order valence-electron chi connectivity index (χ4n) is 0.479. The lowest BCUT2D eigenvalue weighted by Crippen LogP contribution is -2.31. The minimum Gasteiger partial charge on any atom is -0.354 e. The average Bonchev–Trinajstić information content (AvgIpc) is 1.87. The van der Waals surface area contributed by atoms with Crippen molar-refractivity contribution in [2.75, 3.05) is 0 Å². The summed E-state index contributed by atoms with van der Waals surface area (Å²) in [5, 5.41) is 2.84. The summed E-state index contributed by atoms with van der Waals surface area (Å²) in [6, 6.07) is 0.331. The molecule has 0 spiro atoms. The van der Waals surface area contributed by atoms with Gasteiger partial charge in [0.1, 0.15) is 0 Å². The largest absolute Gasteiger partial charge is 0.354 e. The molecule has 0 aliphatic rings. The molecule has 0 fully saturated rings. The second-order valence-electron chi connectivity index (χ2n) is 2.23. The lowest BCUT2D eigenvalue weighted by atomic mass is 10.2. The predicted octanol–water partition coefficient (Wildman–Crippen LogP) is 1.31. The van der Waals surface area contributed by atoms with E-state index in [4.69, 9.17) is 0 Å². The Kier molecular flexibility index (Phi) is 4.10. The Hall–Kier alpha value is -0.530. The smallest absolute Gasteiger partial charge is 0.219 e. The zero-order chi connectivity index (χ0) is 7.28. The van der Waals surface area contributed by atoms with Gasteiger partial charge in [-0.05, 0) is 13.3 Å². The summed E-state index contributed by atoms with van der Waals surface area (Å²) < 4.78 is 0. The van der Waals surface area contributed by atoms with Crippen molar-refractivity contribution in [2.24, 2.45) is 0 Å². The highest BCUT2D eigenvalue weighted by Crippen LogP contribution is 1.87. The van der Waals surface area contributed by atoms with Crippen LogP contribution in [0.25, 0.3) is 0 Å². The molecule has 0 aromatic heterocycles. The van der Waals surface area contributed by atoms with Gasteiger partial charge in [-0.1, -0.05) is 13.8 Å². The Morgan fingerprint density at radius 1 is 1.56 bits per heavy atom. The molecule has 0 saturated heterocycles. The number of nitrogens with one attached hydrogen (secondary N) is 1. The van der Waals surface area contributed by atoms with Crippen LogP contribution < -0.4 is 5.32 Å². The molecule has 9 heavy (non-hydrogen) atoms. The summed E-state index contributed by atoms with van der Waals surface area (Å²) in [4.78, 5) is 10.7. The van der Waals surface area contributed by atoms with Crippen molar-refractivity contribution >= 4 is 5.91 Å². The number of amides is 1. The van der Waals surface area contributed by atoms with Gasteiger partial charge < -0.3 is 5.32 Å². The molecule has 0 aliphatic heterocycles. The van der Waals surface area contributed by atoms with Crippen LogP contribution >= 0.6 is 0 Å². The van der Waals surface area contributed by atoms with Crippen LogP contribution in [0.2, 0.25) is 0 Å². The summed E-state index contributed by atoms with van der Waals surface area (Å²) in [6.45, 7) is 5.92. The second-order valence-corrected chi connectivity index (χ2v) is 2.23. The van der Waals surface area contributed by atoms with E-state index >= 15 is 0 Å². The van der Waals surface area contributed by atoms with Crippen molar-refractivity contribution in [3.8, 4) is 0 Å². The van der Waals surface area contributed by atoms with Gasteiger partial charge >= 0.3 is 0 Å². The van der Waals surface area contributed by atoms with Crippen LogP contribution in [-0.4, -0.2) is 11.9 Å². The van der Waals surface area contributed by atoms with E-state index in [0.29, 0.717) is 12.5 Å². The topological polar surface area (TPSA) is 29.1 Å². The molecule has 0 heterocycles. The number of hydrogen-bond donors (Lipinski definition) is 1. The lowest BCUT2D eigenvalue weighted by Gasteiger charge is -2.08. The highest BCUT2D eigenvalue weighted by Gasteiger charge is 2.00. The fourth-order valence-corrected chi connectivity index (χ4v) is 0.479. The maximum Gasteiger partial charge on any atom is 0.219 e. The Bertz CT molecular complexity index is 90.9. The predicted molar refractivity (Wildman–Crippen MR) is 38.2 cm³/mol. The van der Waals surface area contributed by atoms with Crippen molar-refractivity contribution in [3.05, 3.63) is 0 Å². The van der Waals surface area contributed by atoms with E-state index in [2.05, 4.69) is 12.2 Å². The quantitative estimate of drug-likeness (QED) is 0.611. The van der Waals surface area contributed by atoms with Gasteiger partial charge in [0.2, 0.25) is 5.91 Å². The minimum atomic E-state index is 0.143. The first-order valence-corrected chi connectivity index (χ1v) is 3.50. The maximum atomic E-state index is 10.7. The molecule has 0 aliphatic carbocycles. The third kappa shape index (κ3) is 4.01. The van der Waals surface area contributed by atoms with Gasteiger partial charge in [0.05, 0.1) is 0 Å². The molecule has 1 N–H and O–H groups in total. The number of rotatable bonds is 3. The average molecular weight is 129 g/mol. The highest BCUT2D eigenvalue weighted by atomic mass is 16.1. The SMILES string of the molecule is CCC(=O)N[C@@H](C)CC. The molecule has 0 rings (SSSR count). The summed E-state index contributed by atoms with van der Waals surface area (Å²) in [5.41, 5.74) is 0. The van der Waals surface area contributed by atoms with Gasteiger partial charge in [-0.2, -0.15) is 0 Å². The Balaban J connectivity index is 3.34. The van der Waals surface area contributed by atoms with Crippen LogP contribution in [-0.2, 0) is 4.79 Å². The van der Waals surface area contributed by atoms with E-state index in [1.54, 1.807) is 0 Å². The van der Waals surface area contributed by atoms with Gasteiger partial charge in [-0.3, -0.25) is 4.79 Å². The number of carbonyl (C=O) groups excluding carboxylic acids is 1. The molecule has 2 nitrogen and oxygen atoms in total. The zero-order valence-electron chi connectivity index (χ0n) is 6.40. The van der Waals surface area contributed by atoms with Gasteiger partial charge in [0.25, 0.3) is 0 Å². The molecule has 1 amide bonds.